The normalized spacial score (nSPS) is 22.9. The predicted molar refractivity (Wildman–Crippen MR) is 71.6 cm³/mol. The monoisotopic (exact) mass is 268 g/mol. The van der Waals surface area contributed by atoms with Crippen LogP contribution >= 0.6 is 0 Å². The van der Waals surface area contributed by atoms with Crippen molar-refractivity contribution in [3.8, 4) is 0 Å². The van der Waals surface area contributed by atoms with E-state index in [1.54, 1.807) is 0 Å². The fourth-order valence-electron chi connectivity index (χ4n) is 1.93. The summed E-state index contributed by atoms with van der Waals surface area (Å²) in [5.41, 5.74) is 0.908. The first-order valence-corrected chi connectivity index (χ1v) is 6.70. The van der Waals surface area contributed by atoms with Gasteiger partial charge in [0.15, 0.2) is 5.79 Å². The average Bonchev–Trinajstić information content (AvgIpc) is 2.85. The van der Waals surface area contributed by atoms with E-state index in [0.717, 1.165) is 12.2 Å². The van der Waals surface area contributed by atoms with Gasteiger partial charge in [0.25, 0.3) is 0 Å². The first-order valence-electron chi connectivity index (χ1n) is 6.70. The smallest absolute Gasteiger partial charge is 0.163 e. The first kappa shape index (κ1) is 14.4. The highest BCUT2D eigenvalue weighted by molar-refractivity contribution is 4.94. The Bertz CT molecular complexity index is 423. The molecule has 1 atom stereocenters. The van der Waals surface area contributed by atoms with Gasteiger partial charge in [0.2, 0.25) is 0 Å². The van der Waals surface area contributed by atoms with E-state index in [2.05, 4.69) is 36.4 Å². The lowest BCUT2D eigenvalue weighted by atomic mass is 10.1. The summed E-state index contributed by atoms with van der Waals surface area (Å²) in [5, 5.41) is 11.6. The summed E-state index contributed by atoms with van der Waals surface area (Å²) >= 11 is 0. The number of hydrogen-bond acceptors (Lipinski definition) is 5. The van der Waals surface area contributed by atoms with Crippen molar-refractivity contribution in [1.82, 2.24) is 20.3 Å². The van der Waals surface area contributed by atoms with E-state index in [4.69, 9.17) is 9.47 Å². The fourth-order valence-corrected chi connectivity index (χ4v) is 1.93. The van der Waals surface area contributed by atoms with E-state index in [1.807, 2.05) is 24.7 Å². The number of ether oxygens (including phenoxy) is 2. The molecule has 0 saturated carbocycles. The lowest BCUT2D eigenvalue weighted by Gasteiger charge is -2.17. The molecule has 1 fully saturated rings. The van der Waals surface area contributed by atoms with E-state index in [9.17, 15) is 0 Å². The molecule has 1 aliphatic rings. The molecule has 0 bridgehead atoms. The van der Waals surface area contributed by atoms with Gasteiger partial charge in [-0.15, -0.1) is 5.10 Å². The largest absolute Gasteiger partial charge is 0.348 e. The number of rotatable bonds is 4. The Balaban J connectivity index is 1.76. The van der Waals surface area contributed by atoms with Crippen molar-refractivity contribution < 1.29 is 9.47 Å². The Morgan fingerprint density at radius 2 is 2.21 bits per heavy atom. The third-order valence-electron chi connectivity index (χ3n) is 2.97. The molecule has 6 heteroatoms. The minimum absolute atomic E-state index is 0.0301. The maximum atomic E-state index is 5.72. The van der Waals surface area contributed by atoms with Crippen LogP contribution in [0.3, 0.4) is 0 Å². The van der Waals surface area contributed by atoms with E-state index in [0.29, 0.717) is 13.2 Å². The highest BCUT2D eigenvalue weighted by Crippen LogP contribution is 2.21. The van der Waals surface area contributed by atoms with Crippen molar-refractivity contribution in [3.05, 3.63) is 11.9 Å². The molecule has 2 rings (SSSR count). The molecule has 1 N–H and O–H groups in total. The average molecular weight is 268 g/mol. The van der Waals surface area contributed by atoms with Crippen LogP contribution in [0, 0.1) is 0 Å². The lowest BCUT2D eigenvalue weighted by molar-refractivity contribution is -0.137. The van der Waals surface area contributed by atoms with Crippen molar-refractivity contribution in [2.75, 3.05) is 13.2 Å². The third kappa shape index (κ3) is 3.99. The summed E-state index contributed by atoms with van der Waals surface area (Å²) in [6, 6.07) is 0. The number of aromatic nitrogens is 3. The molecule has 1 unspecified atom stereocenters. The van der Waals surface area contributed by atoms with Gasteiger partial charge in [-0.3, -0.25) is 0 Å². The standard InChI is InChI=1S/C13H24N4O2/c1-12(2,3)17-8-10(15-16-17)6-14-7-11-9-18-13(4,5)19-11/h8,11,14H,6-7,9H2,1-5H3. The Kier molecular flexibility index (Phi) is 3.94. The first-order chi connectivity index (χ1) is 8.76. The van der Waals surface area contributed by atoms with Gasteiger partial charge < -0.3 is 14.8 Å². The van der Waals surface area contributed by atoms with Crippen molar-refractivity contribution >= 4 is 0 Å². The minimum Gasteiger partial charge on any atom is -0.348 e. The maximum Gasteiger partial charge on any atom is 0.163 e. The fraction of sp³-hybridized carbons (Fsp3) is 0.846. The van der Waals surface area contributed by atoms with Crippen molar-refractivity contribution in [3.63, 3.8) is 0 Å². The van der Waals surface area contributed by atoms with Crippen LogP contribution < -0.4 is 5.32 Å². The molecule has 0 radical (unpaired) electrons. The van der Waals surface area contributed by atoms with Gasteiger partial charge in [0.1, 0.15) is 0 Å². The van der Waals surface area contributed by atoms with Crippen LogP contribution in [0.15, 0.2) is 6.20 Å². The second-order valence-electron chi connectivity index (χ2n) is 6.41. The molecule has 1 aromatic heterocycles. The van der Waals surface area contributed by atoms with Gasteiger partial charge in [0, 0.05) is 13.1 Å². The van der Waals surface area contributed by atoms with Crippen LogP contribution in [0.5, 0.6) is 0 Å². The summed E-state index contributed by atoms with van der Waals surface area (Å²) in [7, 11) is 0. The Hall–Kier alpha value is -0.980. The van der Waals surface area contributed by atoms with Crippen molar-refractivity contribution in [1.29, 1.82) is 0 Å². The summed E-state index contributed by atoms with van der Waals surface area (Å²) in [6.07, 6.45) is 2.08. The summed E-state index contributed by atoms with van der Waals surface area (Å²) < 4.78 is 13.1. The van der Waals surface area contributed by atoms with Crippen molar-refractivity contribution in [2.24, 2.45) is 0 Å². The zero-order valence-corrected chi connectivity index (χ0v) is 12.4. The van der Waals surface area contributed by atoms with Gasteiger partial charge >= 0.3 is 0 Å². The third-order valence-corrected chi connectivity index (χ3v) is 2.97. The highest BCUT2D eigenvalue weighted by atomic mass is 16.7. The zero-order chi connectivity index (χ0) is 14.1. The lowest BCUT2D eigenvalue weighted by Crippen LogP contribution is -2.30. The van der Waals surface area contributed by atoms with Crippen LogP contribution in [0.25, 0.3) is 0 Å². The van der Waals surface area contributed by atoms with Gasteiger partial charge in [0.05, 0.1) is 30.1 Å². The van der Waals surface area contributed by atoms with Crippen LogP contribution in [0.4, 0.5) is 0 Å². The molecule has 19 heavy (non-hydrogen) atoms. The van der Waals surface area contributed by atoms with E-state index >= 15 is 0 Å². The quantitative estimate of drug-likeness (QED) is 0.891. The molecule has 0 spiro atoms. The van der Waals surface area contributed by atoms with Gasteiger partial charge in [-0.1, -0.05) is 5.21 Å². The van der Waals surface area contributed by atoms with E-state index in [1.165, 1.54) is 0 Å². The molecule has 0 amide bonds. The molecule has 1 aliphatic heterocycles. The predicted octanol–water partition coefficient (Wildman–Crippen LogP) is 1.27. The second kappa shape index (κ2) is 5.19. The summed E-state index contributed by atoms with van der Waals surface area (Å²) in [6.45, 7) is 12.3. The van der Waals surface area contributed by atoms with Crippen LogP contribution in [-0.4, -0.2) is 40.0 Å². The van der Waals surface area contributed by atoms with Crippen molar-refractivity contribution in [2.45, 2.75) is 58.6 Å². The van der Waals surface area contributed by atoms with Gasteiger partial charge in [-0.25, -0.2) is 4.68 Å². The molecule has 108 valence electrons. The molecule has 2 heterocycles. The SMILES string of the molecule is CC1(C)OCC(CNCc2cn(C(C)(C)C)nn2)O1. The highest BCUT2D eigenvalue weighted by Gasteiger charge is 2.32. The van der Waals surface area contributed by atoms with Gasteiger partial charge in [-0.2, -0.15) is 0 Å². The molecule has 1 saturated heterocycles. The molecule has 6 nitrogen and oxygen atoms in total. The van der Waals surface area contributed by atoms with Gasteiger partial charge in [-0.05, 0) is 34.6 Å². The number of nitrogens with zero attached hydrogens (tertiary/aromatic N) is 3. The summed E-state index contributed by atoms with van der Waals surface area (Å²) in [5.74, 6) is -0.457. The Labute approximate surface area is 114 Å². The van der Waals surface area contributed by atoms with Crippen LogP contribution in [-0.2, 0) is 21.6 Å². The Morgan fingerprint density at radius 3 is 2.74 bits per heavy atom. The topological polar surface area (TPSA) is 61.2 Å². The van der Waals surface area contributed by atoms with E-state index in [-0.39, 0.29) is 11.6 Å². The molecular weight excluding hydrogens is 244 g/mol. The minimum atomic E-state index is -0.457. The number of nitrogens with one attached hydrogen (secondary N) is 1. The molecular formula is C13H24N4O2. The number of hydrogen-bond donors (Lipinski definition) is 1. The summed E-state index contributed by atoms with van der Waals surface area (Å²) in [4.78, 5) is 0. The van der Waals surface area contributed by atoms with E-state index < -0.39 is 5.79 Å². The van der Waals surface area contributed by atoms with Crippen LogP contribution in [0.2, 0.25) is 0 Å². The molecule has 1 aromatic rings. The zero-order valence-electron chi connectivity index (χ0n) is 12.4. The van der Waals surface area contributed by atoms with Crippen LogP contribution in [0.1, 0.15) is 40.3 Å². The molecule has 0 aliphatic carbocycles. The molecule has 0 aromatic carbocycles. The maximum absolute atomic E-state index is 5.72. The Morgan fingerprint density at radius 1 is 1.47 bits per heavy atom. The second-order valence-corrected chi connectivity index (χ2v) is 6.41.